The smallest absolute Gasteiger partial charge is 0.306 e. The third-order valence-electron chi connectivity index (χ3n) is 4.75. The summed E-state index contributed by atoms with van der Waals surface area (Å²) in [4.78, 5) is 38.2. The highest BCUT2D eigenvalue weighted by Crippen LogP contribution is 2.22. The van der Waals surface area contributed by atoms with Crippen molar-refractivity contribution in [3.8, 4) is 0 Å². The van der Waals surface area contributed by atoms with E-state index in [1.54, 1.807) is 24.3 Å². The summed E-state index contributed by atoms with van der Waals surface area (Å²) in [7, 11) is 0. The first-order valence-corrected chi connectivity index (χ1v) is 10.5. The number of carbonyl (C=O) groups excluding carboxylic acids is 3. The van der Waals surface area contributed by atoms with Gasteiger partial charge in [-0.3, -0.25) is 14.4 Å². The number of nitrogens with one attached hydrogen (secondary N) is 2. The molecular weight excluding hydrogens is 390 g/mol. The third kappa shape index (κ3) is 7.45. The Morgan fingerprint density at radius 3 is 2.55 bits per heavy atom. The van der Waals surface area contributed by atoms with Crippen LogP contribution in [-0.2, 0) is 14.3 Å². The number of amides is 2. The topological polar surface area (TPSA) is 87.7 Å². The van der Waals surface area contributed by atoms with E-state index in [1.165, 1.54) is 0 Å². The highest BCUT2D eigenvalue weighted by Gasteiger charge is 2.23. The SMILES string of the molecule is CCCOC(=O)CCC(=O)NC(=S)Nc1ccccc1C(=O)N1CCC(C)CC1. The zero-order valence-corrected chi connectivity index (χ0v) is 17.8. The fraction of sp³-hybridized carbons (Fsp3) is 0.524. The number of esters is 1. The molecule has 1 aliphatic rings. The number of ether oxygens (including phenoxy) is 1. The molecule has 29 heavy (non-hydrogen) atoms. The molecule has 158 valence electrons. The number of thiocarbonyl (C=S) groups is 1. The van der Waals surface area contributed by atoms with Gasteiger partial charge in [0.25, 0.3) is 5.91 Å². The van der Waals surface area contributed by atoms with E-state index < -0.39 is 5.97 Å². The molecule has 1 fully saturated rings. The summed E-state index contributed by atoms with van der Waals surface area (Å²) in [5.41, 5.74) is 1.06. The molecule has 8 heteroatoms. The molecular formula is C21H29N3O4S. The second kappa shape index (κ2) is 11.5. The molecule has 1 heterocycles. The average molecular weight is 420 g/mol. The van der Waals surface area contributed by atoms with Gasteiger partial charge in [0.1, 0.15) is 0 Å². The van der Waals surface area contributed by atoms with E-state index in [2.05, 4.69) is 17.6 Å². The maximum atomic E-state index is 12.9. The summed E-state index contributed by atoms with van der Waals surface area (Å²) in [6.07, 6.45) is 2.71. The van der Waals surface area contributed by atoms with Crippen LogP contribution in [0.1, 0.15) is 56.3 Å². The molecule has 0 radical (unpaired) electrons. The molecule has 0 saturated carbocycles. The van der Waals surface area contributed by atoms with Gasteiger partial charge in [-0.25, -0.2) is 0 Å². The van der Waals surface area contributed by atoms with Crippen molar-refractivity contribution in [3.63, 3.8) is 0 Å². The van der Waals surface area contributed by atoms with E-state index in [1.807, 2.05) is 11.8 Å². The number of nitrogens with zero attached hydrogens (tertiary/aromatic N) is 1. The highest BCUT2D eigenvalue weighted by atomic mass is 32.1. The lowest BCUT2D eigenvalue weighted by Crippen LogP contribution is -2.39. The second-order valence-corrected chi connectivity index (χ2v) is 7.65. The monoisotopic (exact) mass is 419 g/mol. The number of anilines is 1. The van der Waals surface area contributed by atoms with Gasteiger partial charge in [0.05, 0.1) is 24.3 Å². The van der Waals surface area contributed by atoms with Crippen molar-refractivity contribution in [1.29, 1.82) is 0 Å². The Morgan fingerprint density at radius 1 is 1.17 bits per heavy atom. The Kier molecular flexibility index (Phi) is 9.05. The van der Waals surface area contributed by atoms with Gasteiger partial charge in [-0.1, -0.05) is 26.0 Å². The molecule has 2 rings (SSSR count). The minimum absolute atomic E-state index is 0.00307. The van der Waals surface area contributed by atoms with Crippen LogP contribution in [0.5, 0.6) is 0 Å². The molecule has 1 aromatic rings. The number of hydrogen-bond donors (Lipinski definition) is 2. The predicted octanol–water partition coefficient (Wildman–Crippen LogP) is 3.11. The van der Waals surface area contributed by atoms with Crippen molar-refractivity contribution in [2.75, 3.05) is 25.0 Å². The van der Waals surface area contributed by atoms with E-state index in [-0.39, 0.29) is 29.8 Å². The summed E-state index contributed by atoms with van der Waals surface area (Å²) in [5.74, 6) is -0.209. The highest BCUT2D eigenvalue weighted by molar-refractivity contribution is 7.80. The van der Waals surface area contributed by atoms with E-state index in [0.717, 1.165) is 32.4 Å². The van der Waals surface area contributed by atoms with Crippen LogP contribution < -0.4 is 10.6 Å². The maximum Gasteiger partial charge on any atom is 0.306 e. The summed E-state index contributed by atoms with van der Waals surface area (Å²) < 4.78 is 4.94. The van der Waals surface area contributed by atoms with Crippen LogP contribution in [0.4, 0.5) is 5.69 Å². The largest absolute Gasteiger partial charge is 0.466 e. The minimum Gasteiger partial charge on any atom is -0.466 e. The van der Waals surface area contributed by atoms with Crippen LogP contribution >= 0.6 is 12.2 Å². The molecule has 1 saturated heterocycles. The first kappa shape index (κ1) is 22.8. The summed E-state index contributed by atoms with van der Waals surface area (Å²) >= 11 is 5.20. The van der Waals surface area contributed by atoms with Gasteiger partial charge in [-0.15, -0.1) is 0 Å². The first-order chi connectivity index (χ1) is 13.9. The van der Waals surface area contributed by atoms with Crippen LogP contribution in [-0.4, -0.2) is 47.5 Å². The predicted molar refractivity (Wildman–Crippen MR) is 116 cm³/mol. The van der Waals surface area contributed by atoms with Crippen molar-refractivity contribution >= 4 is 40.8 Å². The molecule has 7 nitrogen and oxygen atoms in total. The molecule has 0 bridgehead atoms. The summed E-state index contributed by atoms with van der Waals surface area (Å²) in [6.45, 7) is 5.93. The molecule has 2 amide bonds. The van der Waals surface area contributed by atoms with Crippen LogP contribution in [0.2, 0.25) is 0 Å². The number of piperidine rings is 1. The average Bonchev–Trinajstić information content (AvgIpc) is 2.71. The Balaban J connectivity index is 1.89. The molecule has 0 unspecified atom stereocenters. The van der Waals surface area contributed by atoms with Crippen molar-refractivity contribution in [1.82, 2.24) is 10.2 Å². The van der Waals surface area contributed by atoms with Gasteiger partial charge in [0.15, 0.2) is 5.11 Å². The molecule has 0 aliphatic carbocycles. The quantitative estimate of drug-likeness (QED) is 0.522. The van der Waals surface area contributed by atoms with Crippen LogP contribution in [0, 0.1) is 5.92 Å². The molecule has 0 spiro atoms. The number of para-hydroxylation sites is 1. The molecule has 2 N–H and O–H groups in total. The third-order valence-corrected chi connectivity index (χ3v) is 4.96. The normalized spacial score (nSPS) is 14.2. The van der Waals surface area contributed by atoms with Crippen molar-refractivity contribution in [2.24, 2.45) is 5.92 Å². The molecule has 1 aromatic carbocycles. The lowest BCUT2D eigenvalue weighted by Gasteiger charge is -2.30. The number of likely N-dealkylation sites (tertiary alicyclic amines) is 1. The second-order valence-electron chi connectivity index (χ2n) is 7.24. The molecule has 1 aliphatic heterocycles. The van der Waals surface area contributed by atoms with Crippen LogP contribution in [0.3, 0.4) is 0 Å². The standard InChI is InChI=1S/C21H29N3O4S/c1-3-14-28-19(26)9-8-18(25)23-21(29)22-17-7-5-4-6-16(17)20(27)24-12-10-15(2)11-13-24/h4-7,15H,3,8-14H2,1-2H3,(H2,22,23,25,29). The number of carbonyl (C=O) groups is 3. The number of rotatable bonds is 7. The van der Waals surface area contributed by atoms with Crippen molar-refractivity contribution < 1.29 is 19.1 Å². The minimum atomic E-state index is -0.410. The Labute approximate surface area is 177 Å². The zero-order valence-electron chi connectivity index (χ0n) is 17.0. The van der Waals surface area contributed by atoms with Gasteiger partial charge >= 0.3 is 5.97 Å². The van der Waals surface area contributed by atoms with Crippen molar-refractivity contribution in [3.05, 3.63) is 29.8 Å². The number of hydrogen-bond acceptors (Lipinski definition) is 5. The molecule has 0 atom stereocenters. The lowest BCUT2D eigenvalue weighted by molar-refractivity contribution is -0.144. The Bertz CT molecular complexity index is 745. The van der Waals surface area contributed by atoms with Crippen LogP contribution in [0.25, 0.3) is 0 Å². The van der Waals surface area contributed by atoms with Gasteiger partial charge in [-0.05, 0) is 49.5 Å². The maximum absolute atomic E-state index is 12.9. The van der Waals surface area contributed by atoms with Gasteiger partial charge in [0.2, 0.25) is 5.91 Å². The fourth-order valence-electron chi connectivity index (χ4n) is 3.01. The Morgan fingerprint density at radius 2 is 1.86 bits per heavy atom. The van der Waals surface area contributed by atoms with Gasteiger partial charge < -0.3 is 20.3 Å². The van der Waals surface area contributed by atoms with E-state index in [9.17, 15) is 14.4 Å². The first-order valence-electron chi connectivity index (χ1n) is 10.1. The van der Waals surface area contributed by atoms with Crippen LogP contribution in [0.15, 0.2) is 24.3 Å². The Hall–Kier alpha value is -2.48. The van der Waals surface area contributed by atoms with Gasteiger partial charge in [0, 0.05) is 19.5 Å². The summed E-state index contributed by atoms with van der Waals surface area (Å²) in [6, 6.07) is 7.09. The van der Waals surface area contributed by atoms with Gasteiger partial charge in [-0.2, -0.15) is 0 Å². The lowest BCUT2D eigenvalue weighted by atomic mass is 9.98. The zero-order chi connectivity index (χ0) is 21.2. The van der Waals surface area contributed by atoms with E-state index >= 15 is 0 Å². The van der Waals surface area contributed by atoms with E-state index in [4.69, 9.17) is 17.0 Å². The fourth-order valence-corrected chi connectivity index (χ4v) is 3.23. The summed E-state index contributed by atoms with van der Waals surface area (Å²) in [5, 5.41) is 5.56. The van der Waals surface area contributed by atoms with E-state index in [0.29, 0.717) is 23.8 Å². The van der Waals surface area contributed by atoms with Crippen molar-refractivity contribution in [2.45, 2.75) is 46.0 Å². The molecule has 0 aromatic heterocycles. The number of benzene rings is 1.